The third-order valence-corrected chi connectivity index (χ3v) is 4.25. The zero-order chi connectivity index (χ0) is 17.6. The van der Waals surface area contributed by atoms with Gasteiger partial charge in [-0.2, -0.15) is 0 Å². The normalized spacial score (nSPS) is 11.3. The molecule has 0 spiro atoms. The molecular weight excluding hydrogens is 318 g/mol. The Morgan fingerprint density at radius 2 is 1.87 bits per heavy atom. The Morgan fingerprint density at radius 1 is 1.22 bits per heavy atom. The van der Waals surface area contributed by atoms with Crippen LogP contribution in [0.4, 0.5) is 5.69 Å². The van der Waals surface area contributed by atoms with Gasteiger partial charge < -0.3 is 10.2 Å². The number of amides is 1. The van der Waals surface area contributed by atoms with Crippen LogP contribution in [-0.4, -0.2) is 65.0 Å². The van der Waals surface area contributed by atoms with Crippen molar-refractivity contribution in [3.05, 3.63) is 29.8 Å². The second kappa shape index (κ2) is 8.07. The Morgan fingerprint density at radius 3 is 2.39 bits per heavy atom. The molecule has 0 aliphatic rings. The number of hydrogen-bond donors (Lipinski definition) is 1. The first-order chi connectivity index (χ1) is 10.6. The molecule has 0 aromatic heterocycles. The van der Waals surface area contributed by atoms with E-state index in [1.165, 1.54) is 13.0 Å². The molecule has 0 aliphatic carbocycles. The number of hydrogen-bond acceptors (Lipinski definition) is 5. The second-order valence-electron chi connectivity index (χ2n) is 5.53. The highest BCUT2D eigenvalue weighted by Crippen LogP contribution is 2.19. The Labute approximate surface area is 137 Å². The molecule has 1 aromatic rings. The summed E-state index contributed by atoms with van der Waals surface area (Å²) < 4.78 is 25.0. The smallest absolute Gasteiger partial charge is 0.240 e. The molecule has 0 bridgehead atoms. The summed E-state index contributed by atoms with van der Waals surface area (Å²) in [5, 5.41) is 2.67. The molecule has 8 heteroatoms. The molecule has 23 heavy (non-hydrogen) atoms. The number of rotatable bonds is 8. The predicted molar refractivity (Wildman–Crippen MR) is 90.2 cm³/mol. The summed E-state index contributed by atoms with van der Waals surface area (Å²) in [5.74, 6) is -0.568. The van der Waals surface area contributed by atoms with E-state index in [0.29, 0.717) is 24.3 Å². The lowest BCUT2D eigenvalue weighted by molar-refractivity contribution is -0.119. The highest BCUT2D eigenvalue weighted by molar-refractivity contribution is 7.92. The van der Waals surface area contributed by atoms with E-state index in [1.807, 2.05) is 19.0 Å². The SMILES string of the molecule is CC(=O)c1cccc(N(CC(=O)NCCN(C)C)S(C)(=O)=O)c1. The summed E-state index contributed by atoms with van der Waals surface area (Å²) in [5.41, 5.74) is 0.687. The molecule has 0 saturated carbocycles. The third kappa shape index (κ3) is 6.37. The topological polar surface area (TPSA) is 86.8 Å². The summed E-state index contributed by atoms with van der Waals surface area (Å²) in [7, 11) is 0.108. The molecule has 0 aliphatic heterocycles. The molecule has 1 amide bonds. The van der Waals surface area contributed by atoms with Crippen molar-refractivity contribution >= 4 is 27.4 Å². The van der Waals surface area contributed by atoms with E-state index in [0.717, 1.165) is 10.6 Å². The van der Waals surface area contributed by atoms with Crippen LogP contribution in [0, 0.1) is 0 Å². The number of carbonyl (C=O) groups excluding carboxylic acids is 2. The van der Waals surface area contributed by atoms with Crippen LogP contribution in [-0.2, 0) is 14.8 Å². The molecule has 0 saturated heterocycles. The van der Waals surface area contributed by atoms with Crippen molar-refractivity contribution in [1.29, 1.82) is 0 Å². The molecular formula is C15H23N3O4S. The predicted octanol–water partition coefficient (Wildman–Crippen LogP) is 0.333. The number of anilines is 1. The number of Topliss-reactive ketones (excluding diaryl/α,β-unsaturated/α-hetero) is 1. The summed E-state index contributed by atoms with van der Waals surface area (Å²) in [6.45, 7) is 2.16. The van der Waals surface area contributed by atoms with E-state index in [1.54, 1.807) is 18.2 Å². The lowest BCUT2D eigenvalue weighted by atomic mass is 10.1. The van der Waals surface area contributed by atoms with Crippen molar-refractivity contribution in [3.63, 3.8) is 0 Å². The van der Waals surface area contributed by atoms with Gasteiger partial charge in [-0.15, -0.1) is 0 Å². The number of nitrogens with one attached hydrogen (secondary N) is 1. The van der Waals surface area contributed by atoms with Crippen molar-refractivity contribution in [1.82, 2.24) is 10.2 Å². The zero-order valence-electron chi connectivity index (χ0n) is 13.9. The average Bonchev–Trinajstić information content (AvgIpc) is 2.43. The number of sulfonamides is 1. The first-order valence-electron chi connectivity index (χ1n) is 7.11. The first kappa shape index (κ1) is 19.1. The van der Waals surface area contributed by atoms with Gasteiger partial charge in [-0.3, -0.25) is 13.9 Å². The monoisotopic (exact) mass is 341 g/mol. The maximum Gasteiger partial charge on any atom is 0.240 e. The van der Waals surface area contributed by atoms with Crippen LogP contribution < -0.4 is 9.62 Å². The van der Waals surface area contributed by atoms with E-state index < -0.39 is 15.9 Å². The van der Waals surface area contributed by atoms with Crippen LogP contribution in [0.1, 0.15) is 17.3 Å². The van der Waals surface area contributed by atoms with Crippen molar-refractivity contribution < 1.29 is 18.0 Å². The van der Waals surface area contributed by atoms with Gasteiger partial charge in [0.25, 0.3) is 0 Å². The number of carbonyl (C=O) groups is 2. The van der Waals surface area contributed by atoms with Gasteiger partial charge >= 0.3 is 0 Å². The Bertz CT molecular complexity index is 671. The number of likely N-dealkylation sites (N-methyl/N-ethyl adjacent to an activating group) is 1. The summed E-state index contributed by atoms with van der Waals surface area (Å²) in [6, 6.07) is 6.22. The molecule has 0 unspecified atom stereocenters. The number of ketones is 1. The lowest BCUT2D eigenvalue weighted by Gasteiger charge is -2.22. The molecule has 1 aromatic carbocycles. The van der Waals surface area contributed by atoms with Crippen LogP contribution in [0.5, 0.6) is 0 Å². The van der Waals surface area contributed by atoms with Crippen molar-refractivity contribution in [3.8, 4) is 0 Å². The molecule has 1 rings (SSSR count). The Kier molecular flexibility index (Phi) is 6.71. The van der Waals surface area contributed by atoms with Gasteiger partial charge in [-0.1, -0.05) is 12.1 Å². The highest BCUT2D eigenvalue weighted by atomic mass is 32.2. The lowest BCUT2D eigenvalue weighted by Crippen LogP contribution is -2.42. The largest absolute Gasteiger partial charge is 0.353 e. The Hall–Kier alpha value is -1.93. The standard InChI is InChI=1S/C15H23N3O4S/c1-12(19)13-6-5-7-14(10-13)18(23(4,21)22)11-15(20)16-8-9-17(2)3/h5-7,10H,8-9,11H2,1-4H3,(H,16,20). The Balaban J connectivity index is 2.92. The first-order valence-corrected chi connectivity index (χ1v) is 8.96. The minimum atomic E-state index is -3.65. The molecule has 1 N–H and O–H groups in total. The van der Waals surface area contributed by atoms with Gasteiger partial charge in [0.1, 0.15) is 6.54 Å². The molecule has 7 nitrogen and oxygen atoms in total. The van der Waals surface area contributed by atoms with Gasteiger partial charge in [0, 0.05) is 18.7 Å². The van der Waals surface area contributed by atoms with Crippen LogP contribution >= 0.6 is 0 Å². The molecule has 128 valence electrons. The summed E-state index contributed by atoms with van der Waals surface area (Å²) >= 11 is 0. The van der Waals surface area contributed by atoms with Crippen LogP contribution in [0.3, 0.4) is 0 Å². The number of nitrogens with zero attached hydrogens (tertiary/aromatic N) is 2. The third-order valence-electron chi connectivity index (χ3n) is 3.11. The van der Waals surface area contributed by atoms with E-state index in [2.05, 4.69) is 5.32 Å². The van der Waals surface area contributed by atoms with Gasteiger partial charge in [-0.05, 0) is 33.2 Å². The van der Waals surface area contributed by atoms with Gasteiger partial charge in [0.2, 0.25) is 15.9 Å². The van der Waals surface area contributed by atoms with E-state index in [4.69, 9.17) is 0 Å². The number of benzene rings is 1. The fraction of sp³-hybridized carbons (Fsp3) is 0.467. The van der Waals surface area contributed by atoms with Crippen LogP contribution in [0.25, 0.3) is 0 Å². The van der Waals surface area contributed by atoms with Gasteiger partial charge in [-0.25, -0.2) is 8.42 Å². The quantitative estimate of drug-likeness (QED) is 0.689. The van der Waals surface area contributed by atoms with E-state index in [-0.39, 0.29) is 12.3 Å². The highest BCUT2D eigenvalue weighted by Gasteiger charge is 2.21. The van der Waals surface area contributed by atoms with E-state index >= 15 is 0 Å². The maximum atomic E-state index is 12.0. The minimum absolute atomic E-state index is 0.171. The van der Waals surface area contributed by atoms with Crippen molar-refractivity contribution in [2.24, 2.45) is 0 Å². The van der Waals surface area contributed by atoms with Crippen molar-refractivity contribution in [2.75, 3.05) is 44.3 Å². The van der Waals surface area contributed by atoms with Crippen LogP contribution in [0.2, 0.25) is 0 Å². The van der Waals surface area contributed by atoms with Crippen LogP contribution in [0.15, 0.2) is 24.3 Å². The molecule has 0 radical (unpaired) electrons. The summed E-state index contributed by atoms with van der Waals surface area (Å²) in [6.07, 6.45) is 1.03. The zero-order valence-corrected chi connectivity index (χ0v) is 14.7. The maximum absolute atomic E-state index is 12.0. The van der Waals surface area contributed by atoms with Gasteiger partial charge in [0.15, 0.2) is 5.78 Å². The van der Waals surface area contributed by atoms with Gasteiger partial charge in [0.05, 0.1) is 11.9 Å². The fourth-order valence-corrected chi connectivity index (χ4v) is 2.73. The van der Waals surface area contributed by atoms with E-state index in [9.17, 15) is 18.0 Å². The molecule has 0 heterocycles. The van der Waals surface area contributed by atoms with Crippen molar-refractivity contribution in [2.45, 2.75) is 6.92 Å². The summed E-state index contributed by atoms with van der Waals surface area (Å²) in [4.78, 5) is 25.3. The fourth-order valence-electron chi connectivity index (χ4n) is 1.89. The average molecular weight is 341 g/mol. The second-order valence-corrected chi connectivity index (χ2v) is 7.44. The molecule has 0 fully saturated rings. The minimum Gasteiger partial charge on any atom is -0.353 e. The molecule has 0 atom stereocenters.